The van der Waals surface area contributed by atoms with Gasteiger partial charge in [-0.25, -0.2) is 0 Å². The van der Waals surface area contributed by atoms with Gasteiger partial charge in [0.05, 0.1) is 6.42 Å². The topological polar surface area (TPSA) is 392 Å². The Labute approximate surface area is 427 Å². The molecule has 0 spiro atoms. The Bertz CT molecular complexity index is 1770. The predicted molar refractivity (Wildman–Crippen MR) is 275 cm³/mol. The molecule has 1 aliphatic rings. The molecule has 0 aromatic rings. The lowest BCUT2D eigenvalue weighted by Gasteiger charge is -2.32. The van der Waals surface area contributed by atoms with Gasteiger partial charge in [-0.1, -0.05) is 10.4 Å². The molecule has 0 bridgehead atoms. The smallest absolute Gasteiger partial charge is 0.305 e. The second-order valence-electron chi connectivity index (χ2n) is 18.8. The van der Waals surface area contributed by atoms with Gasteiger partial charge in [0, 0.05) is 95.0 Å². The number of nitrogens with two attached hydrogens (primary N) is 2. The van der Waals surface area contributed by atoms with Crippen LogP contribution in [-0.2, 0) is 38.4 Å². The maximum Gasteiger partial charge on any atom is 0.305 e. The van der Waals surface area contributed by atoms with E-state index in [0.29, 0.717) is 70.0 Å². The van der Waals surface area contributed by atoms with E-state index in [1.165, 1.54) is 11.8 Å². The Hall–Kier alpha value is -5.54. The summed E-state index contributed by atoms with van der Waals surface area (Å²) in [6.07, 6.45) is 0.356. The number of thioether (sulfide) groups is 1. The molecule has 1 rings (SSSR count). The van der Waals surface area contributed by atoms with Crippen LogP contribution in [0.3, 0.4) is 0 Å². The normalized spacial score (nSPS) is 18.4. The third-order valence-electron chi connectivity index (χ3n) is 12.2. The average molecular weight is 1040 g/mol. The molecule has 0 aromatic heterocycles. The van der Waals surface area contributed by atoms with Crippen molar-refractivity contribution in [2.75, 3.05) is 70.4 Å². The molecule has 6 atom stereocenters. The molecule has 1 aliphatic heterocycles. The van der Waals surface area contributed by atoms with Crippen LogP contribution >= 0.6 is 11.8 Å². The summed E-state index contributed by atoms with van der Waals surface area (Å²) in [5.74, 6) is -5.04. The highest BCUT2D eigenvalue weighted by atomic mass is 32.2. The molecule has 1 heterocycles. The van der Waals surface area contributed by atoms with Crippen LogP contribution in [0.25, 0.3) is 0 Å². The van der Waals surface area contributed by atoms with E-state index in [0.717, 1.165) is 0 Å². The highest BCUT2D eigenvalue weighted by Crippen LogP contribution is 2.14. The first-order chi connectivity index (χ1) is 34.0. The minimum Gasteiger partial charge on any atom is -0.481 e. The molecule has 0 saturated carbocycles. The molecule has 27 heteroatoms. The largest absolute Gasteiger partial charge is 0.481 e. The molecule has 410 valence electrons. The lowest BCUT2D eigenvalue weighted by molar-refractivity contribution is -0.141. The van der Waals surface area contributed by atoms with Crippen molar-refractivity contribution in [2.24, 2.45) is 26.8 Å². The Morgan fingerprint density at radius 3 is 1.90 bits per heavy atom. The van der Waals surface area contributed by atoms with E-state index in [2.05, 4.69) is 68.1 Å². The molecule has 72 heavy (non-hydrogen) atoms. The second-order valence-corrected chi connectivity index (χ2v) is 20.0. The Morgan fingerprint density at radius 2 is 1.35 bits per heavy atom. The fraction of sp³-hybridized carbons (Fsp3) is 0.800. The number of nitrogens with zero attached hydrogens (tertiary/aromatic N) is 4. The average Bonchev–Trinajstić information content (AvgIpc) is 3.31. The number of aliphatic imine (C=N–C) groups is 1. The molecule has 14 N–H and O–H groups in total. The number of carbonyl (C=O) groups excluding carboxylic acids is 7. The summed E-state index contributed by atoms with van der Waals surface area (Å²) in [6.45, 7) is 16.5. The van der Waals surface area contributed by atoms with Crippen LogP contribution in [0.1, 0.15) is 113 Å². The number of hydrogen-bond donors (Lipinski definition) is 12. The number of carboxylic acid groups (broad SMARTS) is 1. The zero-order valence-electron chi connectivity index (χ0n) is 43.2. The number of aliphatic carboxylic acids is 1. The summed E-state index contributed by atoms with van der Waals surface area (Å²) in [5, 5.41) is 41.2. The van der Waals surface area contributed by atoms with Crippen LogP contribution in [-0.4, -0.2) is 181 Å². The van der Waals surface area contributed by atoms with Crippen LogP contribution < -0.4 is 59.3 Å². The van der Waals surface area contributed by atoms with Gasteiger partial charge >= 0.3 is 5.97 Å². The first-order valence-electron chi connectivity index (χ1n) is 24.7. The van der Waals surface area contributed by atoms with E-state index in [4.69, 9.17) is 11.5 Å². The fourth-order valence-electron chi connectivity index (χ4n) is 6.97. The van der Waals surface area contributed by atoms with Crippen molar-refractivity contribution in [3.8, 4) is 0 Å². The van der Waals surface area contributed by atoms with Gasteiger partial charge in [0.1, 0.15) is 36.3 Å². The Balaban J connectivity index is 2.83. The van der Waals surface area contributed by atoms with Gasteiger partial charge in [0.25, 0.3) is 0 Å². The van der Waals surface area contributed by atoms with Gasteiger partial charge in [-0.2, -0.15) is 21.6 Å². The van der Waals surface area contributed by atoms with E-state index < -0.39 is 89.3 Å². The summed E-state index contributed by atoms with van der Waals surface area (Å²) in [7, 11) is 0. The van der Waals surface area contributed by atoms with E-state index in [1.54, 1.807) is 20.8 Å². The highest BCUT2D eigenvalue weighted by Gasteiger charge is 2.33. The number of amides is 7. The van der Waals surface area contributed by atoms with Crippen molar-refractivity contribution >= 4 is 65.0 Å². The maximum absolute atomic E-state index is 13.6. The molecule has 7 amide bonds. The van der Waals surface area contributed by atoms with Crippen LogP contribution in [0.4, 0.5) is 0 Å². The standard InChI is InChI=1S/C45H83N15O11S/c1-8-48-39(66)31(13-11-19-51-43(46)47)55-41(68)33-16-26-72-27-17-37(63)54-32(40(67)57-34(28-38(64)65)42(69)56-33)12-9-10-18-49-35(61)14-15-36(62)50-20-23-60(24-21-52-44(4,5)29(2)58-70)25-22-53-45(6,7)30(3)59-71/h29-34,52-53H,8-28H2,1-7H3,(H,48,66)(H,49,61)(H,50,62)(H,54,63)(H,55,68)(H,56,69)(H,57,67)(H,64,65)(H4,46,47,51)/t29?,30?,31-,32-,33-,34-/m0/s1. The third-order valence-corrected chi connectivity index (χ3v) is 13.3. The number of nitroso groups, excluding NO2 is 2. The minimum absolute atomic E-state index is 0.0148. The van der Waals surface area contributed by atoms with Crippen molar-refractivity contribution in [1.29, 1.82) is 0 Å². The zero-order valence-corrected chi connectivity index (χ0v) is 44.0. The quantitative estimate of drug-likeness (QED) is 0.0156. The fourth-order valence-corrected chi connectivity index (χ4v) is 7.90. The lowest BCUT2D eigenvalue weighted by Crippen LogP contribution is -2.58. The van der Waals surface area contributed by atoms with Crippen LogP contribution in [0.5, 0.6) is 0 Å². The molecule has 1 fully saturated rings. The SMILES string of the molecule is CCNC(=O)[C@H](CCCN=C(N)N)NC(=O)[C@@H]1CCSCCC(=O)N[C@@H](CCCCNC(=O)CCC(=O)NCCN(CCNC(C)(C)C(C)N=O)CCNC(C)(C)C(C)N=O)C(=O)N[C@@H](CC(=O)O)C(=O)N1. The lowest BCUT2D eigenvalue weighted by atomic mass is 9.97. The number of carboxylic acids is 1. The number of likely N-dealkylation sites (N-methyl/N-ethyl adjacent to an activating group) is 1. The van der Waals surface area contributed by atoms with E-state index >= 15 is 0 Å². The van der Waals surface area contributed by atoms with Gasteiger partial charge in [-0.3, -0.25) is 48.2 Å². The first kappa shape index (κ1) is 64.5. The molecule has 1 saturated heterocycles. The number of rotatable bonds is 33. The monoisotopic (exact) mass is 1040 g/mol. The molecule has 26 nitrogen and oxygen atoms in total. The third kappa shape index (κ3) is 27.3. The van der Waals surface area contributed by atoms with Crippen molar-refractivity contribution in [2.45, 2.75) is 160 Å². The minimum atomic E-state index is -1.64. The molecule has 0 aliphatic carbocycles. The number of unbranched alkanes of at least 4 members (excludes halogenated alkanes) is 1. The van der Waals surface area contributed by atoms with E-state index in [1.807, 2.05) is 27.7 Å². The second kappa shape index (κ2) is 34.8. The predicted octanol–water partition coefficient (Wildman–Crippen LogP) is -1.35. The highest BCUT2D eigenvalue weighted by molar-refractivity contribution is 7.99. The number of carbonyl (C=O) groups is 8. The van der Waals surface area contributed by atoms with Crippen molar-refractivity contribution < 1.29 is 43.5 Å². The van der Waals surface area contributed by atoms with Crippen LogP contribution in [0.2, 0.25) is 0 Å². The summed E-state index contributed by atoms with van der Waals surface area (Å²) in [4.78, 5) is 132. The van der Waals surface area contributed by atoms with Crippen LogP contribution in [0, 0.1) is 9.81 Å². The summed E-state index contributed by atoms with van der Waals surface area (Å²) in [6, 6.07) is -5.95. The van der Waals surface area contributed by atoms with Crippen molar-refractivity contribution in [3.05, 3.63) is 9.81 Å². The molecule has 0 radical (unpaired) electrons. The van der Waals surface area contributed by atoms with E-state index in [9.17, 15) is 53.3 Å². The van der Waals surface area contributed by atoms with Gasteiger partial charge in [-0.15, -0.1) is 0 Å². The Morgan fingerprint density at radius 1 is 0.778 bits per heavy atom. The number of hydrogen-bond acceptors (Lipinski definition) is 17. The van der Waals surface area contributed by atoms with Crippen LogP contribution in [0.15, 0.2) is 15.3 Å². The van der Waals surface area contributed by atoms with Gasteiger partial charge < -0.3 is 64.4 Å². The number of nitrogens with one attached hydrogen (secondary N) is 9. The molecule has 2 unspecified atom stereocenters. The first-order valence-corrected chi connectivity index (χ1v) is 25.8. The maximum atomic E-state index is 13.6. The molecule has 0 aromatic carbocycles. The van der Waals surface area contributed by atoms with Gasteiger partial charge in [-0.05, 0) is 92.7 Å². The van der Waals surface area contributed by atoms with Gasteiger partial charge in [0.15, 0.2) is 5.96 Å². The number of guanidine groups is 1. The van der Waals surface area contributed by atoms with Crippen molar-refractivity contribution in [1.82, 2.24) is 52.8 Å². The summed E-state index contributed by atoms with van der Waals surface area (Å²) >= 11 is 1.32. The molecular weight excluding hydrogens is 959 g/mol. The summed E-state index contributed by atoms with van der Waals surface area (Å²) < 4.78 is 0. The van der Waals surface area contributed by atoms with Gasteiger partial charge in [0.2, 0.25) is 41.4 Å². The molecular formula is C45H83N15O11S. The van der Waals surface area contributed by atoms with E-state index in [-0.39, 0.29) is 75.9 Å². The van der Waals surface area contributed by atoms with Crippen molar-refractivity contribution in [3.63, 3.8) is 0 Å². The zero-order chi connectivity index (χ0) is 54.3. The Kier molecular flexibility index (Phi) is 31.1. The summed E-state index contributed by atoms with van der Waals surface area (Å²) in [5.41, 5.74) is 9.73.